The van der Waals surface area contributed by atoms with Crippen LogP contribution in [-0.4, -0.2) is 15.1 Å². The van der Waals surface area contributed by atoms with E-state index in [2.05, 4.69) is 58.3 Å². The number of halogens is 2. The molecule has 0 amide bonds. The van der Waals surface area contributed by atoms with Gasteiger partial charge in [-0.05, 0) is 30.7 Å². The van der Waals surface area contributed by atoms with Gasteiger partial charge in [0.15, 0.2) is 0 Å². The van der Waals surface area contributed by atoms with Crippen LogP contribution in [0.5, 0.6) is 0 Å². The van der Waals surface area contributed by atoms with Gasteiger partial charge < -0.3 is 0 Å². The highest BCUT2D eigenvalue weighted by molar-refractivity contribution is 9.09. The lowest BCUT2D eigenvalue weighted by Crippen LogP contribution is -2.13. The Morgan fingerprint density at radius 1 is 1.25 bits per heavy atom. The highest BCUT2D eigenvalue weighted by Crippen LogP contribution is 2.25. The summed E-state index contributed by atoms with van der Waals surface area (Å²) < 4.78 is 1.93. The Kier molecular flexibility index (Phi) is 5.67. The van der Waals surface area contributed by atoms with Gasteiger partial charge in [-0.15, -0.1) is 0 Å². The van der Waals surface area contributed by atoms with Crippen molar-refractivity contribution >= 4 is 27.5 Å². The van der Waals surface area contributed by atoms with Crippen LogP contribution in [0.1, 0.15) is 23.9 Å². The summed E-state index contributed by atoms with van der Waals surface area (Å²) in [6, 6.07) is 10.6. The lowest BCUT2D eigenvalue weighted by molar-refractivity contribution is 0.556. The minimum Gasteiger partial charge on any atom is -0.271 e. The molecule has 20 heavy (non-hydrogen) atoms. The van der Waals surface area contributed by atoms with Crippen LogP contribution in [0.3, 0.4) is 0 Å². The molecule has 0 aliphatic heterocycles. The number of benzene rings is 1. The lowest BCUT2D eigenvalue weighted by atomic mass is 9.96. The van der Waals surface area contributed by atoms with Crippen LogP contribution in [0, 0.1) is 5.92 Å². The molecule has 0 fully saturated rings. The summed E-state index contributed by atoms with van der Waals surface area (Å²) in [5.41, 5.74) is 3.51. The van der Waals surface area contributed by atoms with Crippen molar-refractivity contribution in [3.05, 3.63) is 52.3 Å². The Morgan fingerprint density at radius 2 is 1.95 bits per heavy atom. The zero-order chi connectivity index (χ0) is 14.5. The Labute approximate surface area is 134 Å². The summed E-state index contributed by atoms with van der Waals surface area (Å²) in [5.74, 6) is 0.523. The van der Waals surface area contributed by atoms with Crippen molar-refractivity contribution in [2.75, 3.05) is 5.33 Å². The summed E-state index contributed by atoms with van der Waals surface area (Å²) in [5, 5.41) is 6.30. The Morgan fingerprint density at radius 3 is 2.50 bits per heavy atom. The van der Waals surface area contributed by atoms with Crippen molar-refractivity contribution in [1.82, 2.24) is 9.78 Å². The number of aromatic nitrogens is 2. The Bertz CT molecular complexity index is 551. The summed E-state index contributed by atoms with van der Waals surface area (Å²) in [6.07, 6.45) is 2.88. The first-order valence-electron chi connectivity index (χ1n) is 6.95. The molecule has 2 nitrogen and oxygen atoms in total. The molecule has 0 saturated heterocycles. The topological polar surface area (TPSA) is 17.8 Å². The van der Waals surface area contributed by atoms with E-state index in [1.54, 1.807) is 0 Å². The van der Waals surface area contributed by atoms with Gasteiger partial charge in [0, 0.05) is 12.4 Å². The van der Waals surface area contributed by atoms with E-state index in [0.29, 0.717) is 5.92 Å². The maximum Gasteiger partial charge on any atom is 0.0849 e. The Balaban J connectivity index is 2.12. The van der Waals surface area contributed by atoms with Gasteiger partial charge in [-0.25, -0.2) is 0 Å². The Hall–Kier alpha value is -0.800. The van der Waals surface area contributed by atoms with Crippen LogP contribution >= 0.6 is 27.5 Å². The van der Waals surface area contributed by atoms with E-state index in [9.17, 15) is 0 Å². The second kappa shape index (κ2) is 7.28. The van der Waals surface area contributed by atoms with E-state index in [-0.39, 0.29) is 0 Å². The third kappa shape index (κ3) is 3.64. The molecule has 1 atom stereocenters. The van der Waals surface area contributed by atoms with Gasteiger partial charge in [0.25, 0.3) is 0 Å². The molecule has 1 aromatic heterocycles. The zero-order valence-corrected chi connectivity index (χ0v) is 14.3. The van der Waals surface area contributed by atoms with E-state index in [1.165, 1.54) is 5.56 Å². The van der Waals surface area contributed by atoms with Crippen molar-refractivity contribution < 1.29 is 0 Å². The molecule has 2 rings (SSSR count). The van der Waals surface area contributed by atoms with E-state index in [1.807, 2.05) is 11.7 Å². The second-order valence-electron chi connectivity index (χ2n) is 5.10. The third-order valence-electron chi connectivity index (χ3n) is 3.57. The predicted molar refractivity (Wildman–Crippen MR) is 88.7 cm³/mol. The van der Waals surface area contributed by atoms with Gasteiger partial charge in [-0.3, -0.25) is 4.68 Å². The average Bonchev–Trinajstić information content (AvgIpc) is 2.74. The molecule has 4 heteroatoms. The standard InChI is InChI=1S/C16H20BrClN2/c1-3-14-16(18)15(20(2)19-14)10-13(11-17)9-12-7-5-4-6-8-12/h4-8,13H,3,9-11H2,1-2H3. The number of rotatable bonds is 6. The van der Waals surface area contributed by atoms with Crippen LogP contribution in [0.15, 0.2) is 30.3 Å². The molecule has 0 radical (unpaired) electrons. The first kappa shape index (κ1) is 15.6. The minimum atomic E-state index is 0.523. The minimum absolute atomic E-state index is 0.523. The molecular weight excluding hydrogens is 336 g/mol. The highest BCUT2D eigenvalue weighted by atomic mass is 79.9. The van der Waals surface area contributed by atoms with Crippen molar-refractivity contribution in [2.45, 2.75) is 26.2 Å². The van der Waals surface area contributed by atoms with E-state index in [0.717, 1.165) is 41.0 Å². The summed E-state index contributed by atoms with van der Waals surface area (Å²) in [7, 11) is 1.98. The van der Waals surface area contributed by atoms with Crippen molar-refractivity contribution in [3.63, 3.8) is 0 Å². The SMILES string of the molecule is CCc1nn(C)c(CC(CBr)Cc2ccccc2)c1Cl. The monoisotopic (exact) mass is 354 g/mol. The van der Waals surface area contributed by atoms with Crippen LogP contribution < -0.4 is 0 Å². The van der Waals surface area contributed by atoms with Crippen LogP contribution in [0.2, 0.25) is 5.02 Å². The van der Waals surface area contributed by atoms with Gasteiger partial charge >= 0.3 is 0 Å². The molecular formula is C16H20BrClN2. The average molecular weight is 356 g/mol. The molecule has 0 N–H and O–H groups in total. The van der Waals surface area contributed by atoms with Crippen LogP contribution in [0.4, 0.5) is 0 Å². The lowest BCUT2D eigenvalue weighted by Gasteiger charge is -2.14. The third-order valence-corrected chi connectivity index (χ3v) is 4.92. The van der Waals surface area contributed by atoms with E-state index < -0.39 is 0 Å². The molecule has 0 aliphatic carbocycles. The quantitative estimate of drug-likeness (QED) is 0.701. The maximum atomic E-state index is 6.44. The smallest absolute Gasteiger partial charge is 0.0849 e. The number of alkyl halides is 1. The number of nitrogens with zero attached hydrogens (tertiary/aromatic N) is 2. The fourth-order valence-electron chi connectivity index (χ4n) is 2.44. The maximum absolute atomic E-state index is 6.44. The predicted octanol–water partition coefficient (Wildman–Crippen LogP) is 4.43. The molecule has 1 unspecified atom stereocenters. The molecule has 2 aromatic rings. The molecule has 1 heterocycles. The van der Waals surface area contributed by atoms with E-state index >= 15 is 0 Å². The summed E-state index contributed by atoms with van der Waals surface area (Å²) in [6.45, 7) is 2.09. The summed E-state index contributed by atoms with van der Waals surface area (Å²) in [4.78, 5) is 0. The summed E-state index contributed by atoms with van der Waals surface area (Å²) >= 11 is 10.1. The van der Waals surface area contributed by atoms with Crippen molar-refractivity contribution in [2.24, 2.45) is 13.0 Å². The molecule has 1 aromatic carbocycles. The van der Waals surface area contributed by atoms with Crippen LogP contribution in [-0.2, 0) is 26.3 Å². The van der Waals surface area contributed by atoms with Gasteiger partial charge in [-0.2, -0.15) is 5.10 Å². The zero-order valence-electron chi connectivity index (χ0n) is 11.9. The molecule has 108 valence electrons. The van der Waals surface area contributed by atoms with Gasteiger partial charge in [0.05, 0.1) is 16.4 Å². The van der Waals surface area contributed by atoms with Crippen molar-refractivity contribution in [1.29, 1.82) is 0 Å². The molecule has 0 aliphatic rings. The number of aryl methyl sites for hydroxylation is 2. The number of hydrogen-bond acceptors (Lipinski definition) is 1. The first-order chi connectivity index (χ1) is 9.65. The normalized spacial score (nSPS) is 12.6. The second-order valence-corrected chi connectivity index (χ2v) is 6.12. The van der Waals surface area contributed by atoms with Gasteiger partial charge in [0.2, 0.25) is 0 Å². The van der Waals surface area contributed by atoms with Gasteiger partial charge in [-0.1, -0.05) is 64.8 Å². The highest BCUT2D eigenvalue weighted by Gasteiger charge is 2.17. The fraction of sp³-hybridized carbons (Fsp3) is 0.438. The van der Waals surface area contributed by atoms with E-state index in [4.69, 9.17) is 11.6 Å². The van der Waals surface area contributed by atoms with Gasteiger partial charge in [0.1, 0.15) is 0 Å². The fourth-order valence-corrected chi connectivity index (χ4v) is 3.27. The number of hydrogen-bond donors (Lipinski definition) is 0. The van der Waals surface area contributed by atoms with Crippen molar-refractivity contribution in [3.8, 4) is 0 Å². The largest absolute Gasteiger partial charge is 0.271 e. The molecule has 0 saturated carbocycles. The molecule has 0 spiro atoms. The first-order valence-corrected chi connectivity index (χ1v) is 8.45. The van der Waals surface area contributed by atoms with Crippen LogP contribution in [0.25, 0.3) is 0 Å². The molecule has 0 bridgehead atoms.